The fourth-order valence-corrected chi connectivity index (χ4v) is 3.77. The highest BCUT2D eigenvalue weighted by molar-refractivity contribution is 4.97. The Morgan fingerprint density at radius 3 is 2.61 bits per heavy atom. The molecule has 2 rings (SSSR count). The van der Waals surface area contributed by atoms with Crippen LogP contribution in [0.4, 0.5) is 0 Å². The molecule has 1 heterocycles. The molecule has 2 unspecified atom stereocenters. The average molecular weight is 254 g/mol. The predicted molar refractivity (Wildman–Crippen MR) is 75.7 cm³/mol. The molecular formula is C15H30N2O. The molecule has 3 heteroatoms. The molecule has 2 atom stereocenters. The maximum Gasteiger partial charge on any atom is 0.0590 e. The second kappa shape index (κ2) is 6.36. The van der Waals surface area contributed by atoms with Crippen LogP contribution in [0.15, 0.2) is 0 Å². The van der Waals surface area contributed by atoms with Gasteiger partial charge in [0.2, 0.25) is 0 Å². The Labute approximate surface area is 112 Å². The smallest absolute Gasteiger partial charge is 0.0590 e. The van der Waals surface area contributed by atoms with Gasteiger partial charge in [-0.2, -0.15) is 0 Å². The number of likely N-dealkylation sites (N-methyl/N-ethyl adjacent to an activating group) is 1. The maximum absolute atomic E-state index is 6.17. The normalized spacial score (nSPS) is 35.0. The lowest BCUT2D eigenvalue weighted by molar-refractivity contribution is -0.0795. The van der Waals surface area contributed by atoms with Gasteiger partial charge in [0.05, 0.1) is 6.10 Å². The maximum atomic E-state index is 6.17. The topological polar surface area (TPSA) is 38.5 Å². The SMILES string of the molecule is CCC1CC(CN)(N(C)C2CCCCC2)CCO1. The fourth-order valence-electron chi connectivity index (χ4n) is 3.77. The summed E-state index contributed by atoms with van der Waals surface area (Å²) in [5, 5.41) is 0. The van der Waals surface area contributed by atoms with Crippen LogP contribution in [0.25, 0.3) is 0 Å². The molecule has 0 aromatic rings. The zero-order valence-electron chi connectivity index (χ0n) is 12.2. The van der Waals surface area contributed by atoms with Gasteiger partial charge in [-0.1, -0.05) is 26.2 Å². The van der Waals surface area contributed by atoms with E-state index in [1.807, 2.05) is 0 Å². The molecule has 2 aliphatic rings. The van der Waals surface area contributed by atoms with E-state index in [0.29, 0.717) is 6.10 Å². The molecule has 2 N–H and O–H groups in total. The summed E-state index contributed by atoms with van der Waals surface area (Å²) < 4.78 is 5.84. The second-order valence-corrected chi connectivity index (χ2v) is 6.19. The highest BCUT2D eigenvalue weighted by atomic mass is 16.5. The third-order valence-corrected chi connectivity index (χ3v) is 5.23. The minimum Gasteiger partial charge on any atom is -0.378 e. The van der Waals surface area contributed by atoms with Crippen molar-refractivity contribution in [3.05, 3.63) is 0 Å². The van der Waals surface area contributed by atoms with Crippen LogP contribution in [0, 0.1) is 0 Å². The van der Waals surface area contributed by atoms with Crippen molar-refractivity contribution in [2.45, 2.75) is 76.0 Å². The largest absolute Gasteiger partial charge is 0.378 e. The molecule has 0 spiro atoms. The van der Waals surface area contributed by atoms with Gasteiger partial charge in [-0.15, -0.1) is 0 Å². The molecule has 3 nitrogen and oxygen atoms in total. The third-order valence-electron chi connectivity index (χ3n) is 5.23. The number of ether oxygens (including phenoxy) is 1. The number of rotatable bonds is 4. The van der Waals surface area contributed by atoms with Crippen LogP contribution in [-0.4, -0.2) is 42.8 Å². The van der Waals surface area contributed by atoms with Gasteiger partial charge in [0, 0.05) is 24.7 Å². The molecule has 106 valence electrons. The molecule has 1 saturated carbocycles. The van der Waals surface area contributed by atoms with E-state index in [-0.39, 0.29) is 5.54 Å². The first-order chi connectivity index (χ1) is 8.72. The first-order valence-corrected chi connectivity index (χ1v) is 7.76. The molecule has 0 aromatic carbocycles. The van der Waals surface area contributed by atoms with Gasteiger partial charge >= 0.3 is 0 Å². The Morgan fingerprint density at radius 2 is 2.00 bits per heavy atom. The van der Waals surface area contributed by atoms with E-state index in [4.69, 9.17) is 10.5 Å². The minimum absolute atomic E-state index is 0.195. The molecule has 18 heavy (non-hydrogen) atoms. The lowest BCUT2D eigenvalue weighted by Gasteiger charge is -2.50. The Bertz CT molecular complexity index is 253. The van der Waals surface area contributed by atoms with Crippen LogP contribution in [0.3, 0.4) is 0 Å². The second-order valence-electron chi connectivity index (χ2n) is 6.19. The van der Waals surface area contributed by atoms with E-state index >= 15 is 0 Å². The highest BCUT2D eigenvalue weighted by Gasteiger charge is 2.41. The summed E-state index contributed by atoms with van der Waals surface area (Å²) in [6.07, 6.45) is 10.7. The van der Waals surface area contributed by atoms with E-state index in [9.17, 15) is 0 Å². The molecular weight excluding hydrogens is 224 g/mol. The number of nitrogens with zero attached hydrogens (tertiary/aromatic N) is 1. The fraction of sp³-hybridized carbons (Fsp3) is 1.00. The van der Waals surface area contributed by atoms with Gasteiger partial charge < -0.3 is 10.5 Å². The van der Waals surface area contributed by atoms with Crippen LogP contribution in [0.2, 0.25) is 0 Å². The summed E-state index contributed by atoms with van der Waals surface area (Å²) in [6.45, 7) is 3.88. The Hall–Kier alpha value is -0.120. The molecule has 1 saturated heterocycles. The number of hydrogen-bond acceptors (Lipinski definition) is 3. The van der Waals surface area contributed by atoms with Crippen LogP contribution in [-0.2, 0) is 4.74 Å². The van der Waals surface area contributed by atoms with Crippen molar-refractivity contribution < 1.29 is 4.74 Å². The zero-order chi connectivity index (χ0) is 13.0. The van der Waals surface area contributed by atoms with Gasteiger partial charge in [-0.3, -0.25) is 4.90 Å². The molecule has 1 aliphatic heterocycles. The molecule has 0 amide bonds. The summed E-state index contributed by atoms with van der Waals surface area (Å²) in [5.41, 5.74) is 6.36. The van der Waals surface area contributed by atoms with Crippen molar-refractivity contribution >= 4 is 0 Å². The van der Waals surface area contributed by atoms with E-state index in [2.05, 4.69) is 18.9 Å². The predicted octanol–water partition coefficient (Wildman–Crippen LogP) is 2.54. The van der Waals surface area contributed by atoms with Gasteiger partial charge in [0.1, 0.15) is 0 Å². The van der Waals surface area contributed by atoms with E-state index in [1.165, 1.54) is 32.1 Å². The zero-order valence-corrected chi connectivity index (χ0v) is 12.2. The van der Waals surface area contributed by atoms with Gasteiger partial charge in [0.25, 0.3) is 0 Å². The van der Waals surface area contributed by atoms with E-state index in [0.717, 1.165) is 38.5 Å². The highest BCUT2D eigenvalue weighted by Crippen LogP contribution is 2.35. The summed E-state index contributed by atoms with van der Waals surface area (Å²) in [6, 6.07) is 0.748. The lowest BCUT2D eigenvalue weighted by atomic mass is 9.81. The molecule has 0 aromatic heterocycles. The van der Waals surface area contributed by atoms with Crippen molar-refractivity contribution in [3.63, 3.8) is 0 Å². The van der Waals surface area contributed by atoms with Gasteiger partial charge in [0.15, 0.2) is 0 Å². The standard InChI is InChI=1S/C15H30N2O/c1-3-14-11-15(12-16,9-10-18-14)17(2)13-7-5-4-6-8-13/h13-14H,3-12,16H2,1-2H3. The quantitative estimate of drug-likeness (QED) is 0.838. The molecule has 2 fully saturated rings. The van der Waals surface area contributed by atoms with Crippen molar-refractivity contribution in [2.24, 2.45) is 5.73 Å². The van der Waals surface area contributed by atoms with Crippen LogP contribution < -0.4 is 5.73 Å². The average Bonchev–Trinajstić information content (AvgIpc) is 2.47. The molecule has 1 aliphatic carbocycles. The monoisotopic (exact) mass is 254 g/mol. The minimum atomic E-state index is 0.195. The van der Waals surface area contributed by atoms with Gasteiger partial charge in [-0.05, 0) is 39.2 Å². The lowest BCUT2D eigenvalue weighted by Crippen LogP contribution is -2.60. The van der Waals surface area contributed by atoms with Crippen LogP contribution in [0.1, 0.15) is 58.3 Å². The summed E-state index contributed by atoms with van der Waals surface area (Å²) in [5.74, 6) is 0. The first-order valence-electron chi connectivity index (χ1n) is 7.76. The summed E-state index contributed by atoms with van der Waals surface area (Å²) >= 11 is 0. The molecule has 0 bridgehead atoms. The van der Waals surface area contributed by atoms with Crippen LogP contribution >= 0.6 is 0 Å². The first kappa shape index (κ1) is 14.3. The number of hydrogen-bond donors (Lipinski definition) is 1. The van der Waals surface area contributed by atoms with Crippen molar-refractivity contribution in [1.82, 2.24) is 4.90 Å². The Kier molecular flexibility index (Phi) is 5.05. The van der Waals surface area contributed by atoms with Crippen molar-refractivity contribution in [3.8, 4) is 0 Å². The summed E-state index contributed by atoms with van der Waals surface area (Å²) in [7, 11) is 2.31. The van der Waals surface area contributed by atoms with Crippen LogP contribution in [0.5, 0.6) is 0 Å². The van der Waals surface area contributed by atoms with E-state index < -0.39 is 0 Å². The van der Waals surface area contributed by atoms with Gasteiger partial charge in [-0.25, -0.2) is 0 Å². The summed E-state index contributed by atoms with van der Waals surface area (Å²) in [4.78, 5) is 2.62. The third kappa shape index (κ3) is 2.89. The molecule has 0 radical (unpaired) electrons. The van der Waals surface area contributed by atoms with Crippen molar-refractivity contribution in [2.75, 3.05) is 20.2 Å². The Morgan fingerprint density at radius 1 is 1.28 bits per heavy atom. The van der Waals surface area contributed by atoms with Crippen molar-refractivity contribution in [1.29, 1.82) is 0 Å². The Balaban J connectivity index is 2.04. The number of nitrogens with two attached hydrogens (primary N) is 1. The van der Waals surface area contributed by atoms with E-state index in [1.54, 1.807) is 0 Å².